The summed E-state index contributed by atoms with van der Waals surface area (Å²) in [6.07, 6.45) is 0. The quantitative estimate of drug-likeness (QED) is 0.829. The second-order valence-corrected chi connectivity index (χ2v) is 6.59. The van der Waals surface area contributed by atoms with Crippen LogP contribution in [0.1, 0.15) is 6.92 Å². The minimum atomic E-state index is 0.200. The molecule has 0 aromatic heterocycles. The van der Waals surface area contributed by atoms with Crippen LogP contribution in [0.2, 0.25) is 5.02 Å². The Labute approximate surface area is 143 Å². The Bertz CT molecular complexity index is 537. The molecule has 0 aliphatic carbocycles. The molecule has 1 aromatic rings. The van der Waals surface area contributed by atoms with E-state index in [-0.39, 0.29) is 6.03 Å². The van der Waals surface area contributed by atoms with Crippen LogP contribution < -0.4 is 4.90 Å². The van der Waals surface area contributed by atoms with Crippen LogP contribution in [0.3, 0.4) is 0 Å². The number of hydrogen-bond acceptors (Lipinski definition) is 3. The molecule has 2 heterocycles. The Balaban J connectivity index is 1.51. The second-order valence-electron chi connectivity index (χ2n) is 6.16. The molecule has 0 N–H and O–H groups in total. The highest BCUT2D eigenvalue weighted by molar-refractivity contribution is 6.30. The summed E-state index contributed by atoms with van der Waals surface area (Å²) in [5.41, 5.74) is 1.14. The summed E-state index contributed by atoms with van der Waals surface area (Å²) < 4.78 is 0. The van der Waals surface area contributed by atoms with Crippen LogP contribution in [0.4, 0.5) is 10.5 Å². The SMILES string of the molecule is CCN1CCN(C(=O)N2CCN(c3cccc(Cl)c3)CC2)CC1. The number of anilines is 1. The van der Waals surface area contributed by atoms with Crippen LogP contribution in [0.15, 0.2) is 24.3 Å². The fourth-order valence-electron chi connectivity index (χ4n) is 3.28. The molecule has 0 spiro atoms. The highest BCUT2D eigenvalue weighted by Crippen LogP contribution is 2.21. The van der Waals surface area contributed by atoms with Gasteiger partial charge in [-0.05, 0) is 24.7 Å². The third-order valence-corrected chi connectivity index (χ3v) is 5.05. The smallest absolute Gasteiger partial charge is 0.320 e. The van der Waals surface area contributed by atoms with Crippen molar-refractivity contribution in [2.45, 2.75) is 6.92 Å². The van der Waals surface area contributed by atoms with E-state index in [0.29, 0.717) is 0 Å². The van der Waals surface area contributed by atoms with Crippen LogP contribution in [0.25, 0.3) is 0 Å². The van der Waals surface area contributed by atoms with Crippen molar-refractivity contribution in [3.05, 3.63) is 29.3 Å². The van der Waals surface area contributed by atoms with Gasteiger partial charge < -0.3 is 19.6 Å². The maximum absolute atomic E-state index is 12.6. The molecule has 2 amide bonds. The molecule has 0 bridgehead atoms. The van der Waals surface area contributed by atoms with Gasteiger partial charge in [0.05, 0.1) is 0 Å². The van der Waals surface area contributed by atoms with E-state index in [1.54, 1.807) is 0 Å². The largest absolute Gasteiger partial charge is 0.368 e. The number of rotatable bonds is 2. The highest BCUT2D eigenvalue weighted by atomic mass is 35.5. The van der Waals surface area contributed by atoms with Gasteiger partial charge in [0.15, 0.2) is 0 Å². The number of halogens is 1. The molecule has 3 rings (SSSR count). The van der Waals surface area contributed by atoms with Gasteiger partial charge in [-0.15, -0.1) is 0 Å². The van der Waals surface area contributed by atoms with Crippen molar-refractivity contribution < 1.29 is 4.79 Å². The number of likely N-dealkylation sites (N-methyl/N-ethyl adjacent to an activating group) is 1. The van der Waals surface area contributed by atoms with Crippen LogP contribution in [0, 0.1) is 0 Å². The van der Waals surface area contributed by atoms with E-state index in [0.717, 1.165) is 69.6 Å². The maximum Gasteiger partial charge on any atom is 0.320 e. The van der Waals surface area contributed by atoms with Gasteiger partial charge in [0.2, 0.25) is 0 Å². The summed E-state index contributed by atoms with van der Waals surface area (Å²) in [7, 11) is 0. The predicted molar refractivity (Wildman–Crippen MR) is 94.3 cm³/mol. The number of hydrogen-bond donors (Lipinski definition) is 0. The number of nitrogens with zero attached hydrogens (tertiary/aromatic N) is 4. The summed E-state index contributed by atoms with van der Waals surface area (Å²) >= 11 is 6.07. The molecule has 2 saturated heterocycles. The predicted octanol–water partition coefficient (Wildman–Crippen LogP) is 2.22. The lowest BCUT2D eigenvalue weighted by Gasteiger charge is -2.41. The molecule has 0 atom stereocenters. The Morgan fingerprint density at radius 1 is 1.00 bits per heavy atom. The van der Waals surface area contributed by atoms with Crippen molar-refractivity contribution in [1.82, 2.24) is 14.7 Å². The van der Waals surface area contributed by atoms with Crippen LogP contribution in [-0.2, 0) is 0 Å². The zero-order valence-corrected chi connectivity index (χ0v) is 14.5. The number of piperazine rings is 2. The molecule has 2 aliphatic heterocycles. The first-order valence-corrected chi connectivity index (χ1v) is 8.82. The fourth-order valence-corrected chi connectivity index (χ4v) is 3.47. The highest BCUT2D eigenvalue weighted by Gasteiger charge is 2.27. The van der Waals surface area contributed by atoms with Gasteiger partial charge in [0.1, 0.15) is 0 Å². The van der Waals surface area contributed by atoms with Crippen LogP contribution in [0.5, 0.6) is 0 Å². The molecular formula is C17H25ClN4O. The minimum absolute atomic E-state index is 0.200. The van der Waals surface area contributed by atoms with E-state index in [1.807, 2.05) is 28.0 Å². The molecule has 5 nitrogen and oxygen atoms in total. The summed E-state index contributed by atoms with van der Waals surface area (Å²) in [4.78, 5) is 21.3. The van der Waals surface area contributed by atoms with E-state index < -0.39 is 0 Å². The van der Waals surface area contributed by atoms with Crippen LogP contribution >= 0.6 is 11.6 Å². The molecular weight excluding hydrogens is 312 g/mol. The van der Waals surface area contributed by atoms with Gasteiger partial charge >= 0.3 is 6.03 Å². The van der Waals surface area contributed by atoms with Crippen molar-refractivity contribution in [2.24, 2.45) is 0 Å². The number of amides is 2. The summed E-state index contributed by atoms with van der Waals surface area (Å²) in [6, 6.07) is 8.13. The average Bonchev–Trinajstić information content (AvgIpc) is 2.61. The maximum atomic E-state index is 12.6. The third-order valence-electron chi connectivity index (χ3n) is 4.81. The third kappa shape index (κ3) is 3.90. The lowest BCUT2D eigenvalue weighted by molar-refractivity contribution is 0.113. The number of benzene rings is 1. The topological polar surface area (TPSA) is 30.0 Å². The normalized spacial score (nSPS) is 20.0. The zero-order chi connectivity index (χ0) is 16.2. The zero-order valence-electron chi connectivity index (χ0n) is 13.7. The summed E-state index contributed by atoms with van der Waals surface area (Å²) in [5, 5.41) is 0.759. The van der Waals surface area contributed by atoms with Crippen molar-refractivity contribution in [1.29, 1.82) is 0 Å². The molecule has 1 aromatic carbocycles. The van der Waals surface area contributed by atoms with Gasteiger partial charge in [-0.25, -0.2) is 4.79 Å². The molecule has 23 heavy (non-hydrogen) atoms. The van der Waals surface area contributed by atoms with E-state index >= 15 is 0 Å². The van der Waals surface area contributed by atoms with E-state index in [1.165, 1.54) is 0 Å². The summed E-state index contributed by atoms with van der Waals surface area (Å²) in [5.74, 6) is 0. The first-order valence-electron chi connectivity index (χ1n) is 8.44. The molecule has 0 radical (unpaired) electrons. The van der Waals surface area contributed by atoms with E-state index in [2.05, 4.69) is 22.8 Å². The molecule has 0 unspecified atom stereocenters. The Hall–Kier alpha value is -1.46. The van der Waals surface area contributed by atoms with Crippen molar-refractivity contribution >= 4 is 23.3 Å². The standard InChI is InChI=1S/C17H25ClN4O/c1-2-19-6-8-21(9-7-19)17(23)22-12-10-20(11-13-22)16-5-3-4-15(18)14-16/h3-5,14H,2,6-13H2,1H3. The average molecular weight is 337 g/mol. The Morgan fingerprint density at radius 2 is 1.61 bits per heavy atom. The lowest BCUT2D eigenvalue weighted by atomic mass is 10.2. The van der Waals surface area contributed by atoms with Gasteiger partial charge in [-0.3, -0.25) is 0 Å². The van der Waals surface area contributed by atoms with E-state index in [9.17, 15) is 4.79 Å². The number of urea groups is 1. The number of carbonyl (C=O) groups excluding carboxylic acids is 1. The summed E-state index contributed by atoms with van der Waals surface area (Å²) in [6.45, 7) is 10.2. The minimum Gasteiger partial charge on any atom is -0.368 e. The van der Waals surface area contributed by atoms with E-state index in [4.69, 9.17) is 11.6 Å². The molecule has 126 valence electrons. The Morgan fingerprint density at radius 3 is 2.17 bits per heavy atom. The monoisotopic (exact) mass is 336 g/mol. The van der Waals surface area contributed by atoms with Gasteiger partial charge in [-0.1, -0.05) is 24.6 Å². The molecule has 0 saturated carbocycles. The van der Waals surface area contributed by atoms with Gasteiger partial charge in [0, 0.05) is 63.1 Å². The first kappa shape index (κ1) is 16.4. The molecule has 2 fully saturated rings. The van der Waals surface area contributed by atoms with Crippen LogP contribution in [-0.4, -0.2) is 79.6 Å². The van der Waals surface area contributed by atoms with Gasteiger partial charge in [0.25, 0.3) is 0 Å². The van der Waals surface area contributed by atoms with Gasteiger partial charge in [-0.2, -0.15) is 0 Å². The number of carbonyl (C=O) groups is 1. The van der Waals surface area contributed by atoms with Crippen molar-refractivity contribution in [3.8, 4) is 0 Å². The second kappa shape index (κ2) is 7.41. The Kier molecular flexibility index (Phi) is 5.28. The van der Waals surface area contributed by atoms with Crippen molar-refractivity contribution in [2.75, 3.05) is 63.8 Å². The molecule has 2 aliphatic rings. The fraction of sp³-hybridized carbons (Fsp3) is 0.588. The lowest BCUT2D eigenvalue weighted by Crippen LogP contribution is -2.56. The first-order chi connectivity index (χ1) is 11.2. The molecule has 6 heteroatoms. The van der Waals surface area contributed by atoms with Crippen molar-refractivity contribution in [3.63, 3.8) is 0 Å².